The molecule has 0 aromatic heterocycles. The van der Waals surface area contributed by atoms with E-state index in [9.17, 15) is 24.3 Å². The third-order valence-electron chi connectivity index (χ3n) is 4.97. The van der Waals surface area contributed by atoms with Gasteiger partial charge in [0.15, 0.2) is 0 Å². The summed E-state index contributed by atoms with van der Waals surface area (Å²) in [6.45, 7) is 0.285. The molecule has 2 aromatic rings. The van der Waals surface area contributed by atoms with Gasteiger partial charge in [0.2, 0.25) is 11.8 Å². The van der Waals surface area contributed by atoms with Crippen LogP contribution in [0.25, 0.3) is 11.1 Å². The molecule has 3 amide bonds. The number of carboxylic acid groups (broad SMARTS) is 1. The van der Waals surface area contributed by atoms with Crippen molar-refractivity contribution in [2.45, 2.75) is 25.4 Å². The van der Waals surface area contributed by atoms with Crippen molar-refractivity contribution in [3.63, 3.8) is 0 Å². The fraction of sp³-hybridized carbons (Fsp3) is 0.200. The van der Waals surface area contributed by atoms with E-state index in [2.05, 4.69) is 5.32 Å². The molecule has 0 radical (unpaired) electrons. The first kappa shape index (κ1) is 17.0. The molecule has 0 bridgehead atoms. The lowest BCUT2D eigenvalue weighted by Gasteiger charge is -2.29. The van der Waals surface area contributed by atoms with Crippen LogP contribution in [0.4, 0.5) is 0 Å². The Labute approximate surface area is 154 Å². The lowest BCUT2D eigenvalue weighted by atomic mass is 9.95. The fourth-order valence-corrected chi connectivity index (χ4v) is 3.67. The van der Waals surface area contributed by atoms with E-state index in [-0.39, 0.29) is 30.3 Å². The first-order valence-corrected chi connectivity index (χ1v) is 8.56. The second-order valence-electron chi connectivity index (χ2n) is 6.63. The van der Waals surface area contributed by atoms with Gasteiger partial charge in [-0.3, -0.25) is 19.7 Å². The first-order chi connectivity index (χ1) is 13.0. The van der Waals surface area contributed by atoms with Crippen LogP contribution in [0.3, 0.4) is 0 Å². The molecule has 0 saturated carbocycles. The Bertz CT molecular complexity index is 998. The number of aromatic carboxylic acids is 1. The largest absolute Gasteiger partial charge is 0.478 e. The van der Waals surface area contributed by atoms with Crippen molar-refractivity contribution in [2.75, 3.05) is 0 Å². The Hall–Kier alpha value is -3.48. The minimum absolute atomic E-state index is 0.137. The molecule has 1 saturated heterocycles. The molecule has 2 aliphatic rings. The van der Waals surface area contributed by atoms with E-state index in [1.165, 1.54) is 17.0 Å². The van der Waals surface area contributed by atoms with Gasteiger partial charge in [0.1, 0.15) is 6.04 Å². The van der Waals surface area contributed by atoms with Crippen LogP contribution in [0.1, 0.15) is 39.1 Å². The molecule has 2 aliphatic heterocycles. The number of carbonyl (C=O) groups excluding carboxylic acids is 3. The zero-order valence-electron chi connectivity index (χ0n) is 14.3. The van der Waals surface area contributed by atoms with E-state index >= 15 is 0 Å². The monoisotopic (exact) mass is 364 g/mol. The quantitative estimate of drug-likeness (QED) is 0.809. The topological polar surface area (TPSA) is 104 Å². The van der Waals surface area contributed by atoms with E-state index in [0.717, 1.165) is 5.56 Å². The predicted molar refractivity (Wildman–Crippen MR) is 94.9 cm³/mol. The smallest absolute Gasteiger partial charge is 0.335 e. The molecule has 0 spiro atoms. The maximum atomic E-state index is 13.1. The van der Waals surface area contributed by atoms with Gasteiger partial charge in [-0.1, -0.05) is 30.3 Å². The molecule has 27 heavy (non-hydrogen) atoms. The van der Waals surface area contributed by atoms with Crippen LogP contribution in [0.2, 0.25) is 0 Å². The van der Waals surface area contributed by atoms with Crippen LogP contribution in [0, 0.1) is 0 Å². The standard InChI is InChI=1S/C20H16N2O5/c23-16-8-7-15(18(24)21-16)22-10-13-5-2-6-14(17(13)19(22)25)11-3-1-4-12(9-11)20(26)27/h1-6,9,15H,7-8,10H2,(H,26,27)(H,21,23,24). The summed E-state index contributed by atoms with van der Waals surface area (Å²) in [7, 11) is 0. The summed E-state index contributed by atoms with van der Waals surface area (Å²) in [5.74, 6) is -2.11. The summed E-state index contributed by atoms with van der Waals surface area (Å²) >= 11 is 0. The molecule has 1 fully saturated rings. The molecular formula is C20H16N2O5. The average Bonchev–Trinajstić information content (AvgIpc) is 2.98. The van der Waals surface area contributed by atoms with Gasteiger partial charge in [0.05, 0.1) is 11.1 Å². The van der Waals surface area contributed by atoms with E-state index < -0.39 is 17.9 Å². The lowest BCUT2D eigenvalue weighted by molar-refractivity contribution is -0.136. The Morgan fingerprint density at radius 3 is 2.63 bits per heavy atom. The maximum absolute atomic E-state index is 13.1. The Morgan fingerprint density at radius 2 is 1.89 bits per heavy atom. The third kappa shape index (κ3) is 2.87. The van der Waals surface area contributed by atoms with Gasteiger partial charge in [-0.2, -0.15) is 0 Å². The number of carbonyl (C=O) groups is 4. The van der Waals surface area contributed by atoms with E-state index in [4.69, 9.17) is 0 Å². The highest BCUT2D eigenvalue weighted by Gasteiger charge is 2.40. The molecule has 136 valence electrons. The average molecular weight is 364 g/mol. The molecule has 2 aromatic carbocycles. The van der Waals surface area contributed by atoms with Crippen molar-refractivity contribution in [1.82, 2.24) is 10.2 Å². The predicted octanol–water partition coefficient (Wildman–Crippen LogP) is 1.81. The minimum atomic E-state index is -1.04. The zero-order valence-corrected chi connectivity index (χ0v) is 14.3. The molecule has 0 aliphatic carbocycles. The summed E-state index contributed by atoms with van der Waals surface area (Å²) in [6, 6.07) is 11.1. The Kier molecular flexibility index (Phi) is 3.99. The van der Waals surface area contributed by atoms with Gasteiger partial charge in [0, 0.05) is 13.0 Å². The second kappa shape index (κ2) is 6.35. The summed E-state index contributed by atoms with van der Waals surface area (Å²) in [4.78, 5) is 49.4. The van der Waals surface area contributed by atoms with Crippen LogP contribution >= 0.6 is 0 Å². The molecular weight excluding hydrogens is 348 g/mol. The molecule has 7 nitrogen and oxygen atoms in total. The van der Waals surface area contributed by atoms with Crippen molar-refractivity contribution in [3.8, 4) is 11.1 Å². The summed E-state index contributed by atoms with van der Waals surface area (Å²) in [6.07, 6.45) is 0.498. The van der Waals surface area contributed by atoms with Crippen LogP contribution in [-0.4, -0.2) is 39.7 Å². The van der Waals surface area contributed by atoms with Gasteiger partial charge >= 0.3 is 5.97 Å². The highest BCUT2D eigenvalue weighted by Crippen LogP contribution is 2.35. The number of benzene rings is 2. The number of hydrogen-bond acceptors (Lipinski definition) is 4. The molecule has 2 heterocycles. The number of piperidine rings is 1. The van der Waals surface area contributed by atoms with Crippen molar-refractivity contribution >= 4 is 23.7 Å². The van der Waals surface area contributed by atoms with E-state index in [0.29, 0.717) is 23.1 Å². The number of fused-ring (bicyclic) bond motifs is 1. The van der Waals surface area contributed by atoms with E-state index in [1.807, 2.05) is 12.1 Å². The number of nitrogens with one attached hydrogen (secondary N) is 1. The highest BCUT2D eigenvalue weighted by atomic mass is 16.4. The van der Waals surface area contributed by atoms with Gasteiger partial charge in [-0.25, -0.2) is 4.79 Å². The number of hydrogen-bond donors (Lipinski definition) is 2. The molecule has 1 unspecified atom stereocenters. The highest BCUT2D eigenvalue weighted by molar-refractivity contribution is 6.08. The Balaban J connectivity index is 1.72. The molecule has 2 N–H and O–H groups in total. The Morgan fingerprint density at radius 1 is 1.11 bits per heavy atom. The van der Waals surface area contributed by atoms with Crippen molar-refractivity contribution in [3.05, 3.63) is 59.2 Å². The first-order valence-electron chi connectivity index (χ1n) is 8.56. The van der Waals surface area contributed by atoms with Gasteiger partial charge < -0.3 is 10.0 Å². The number of carboxylic acids is 1. The van der Waals surface area contributed by atoms with Crippen molar-refractivity contribution in [2.24, 2.45) is 0 Å². The van der Waals surface area contributed by atoms with Crippen LogP contribution in [0.15, 0.2) is 42.5 Å². The molecule has 1 atom stereocenters. The summed E-state index contributed by atoms with van der Waals surface area (Å²) in [5, 5.41) is 11.5. The third-order valence-corrected chi connectivity index (χ3v) is 4.97. The SMILES string of the molecule is O=C1CCC(N2Cc3cccc(-c4cccc(C(=O)O)c4)c3C2=O)C(=O)N1. The normalized spacial score (nSPS) is 19.0. The molecule has 4 rings (SSSR count). The number of amides is 3. The van der Waals surface area contributed by atoms with Crippen molar-refractivity contribution in [1.29, 1.82) is 0 Å². The van der Waals surface area contributed by atoms with Crippen LogP contribution < -0.4 is 5.32 Å². The van der Waals surface area contributed by atoms with E-state index in [1.54, 1.807) is 18.2 Å². The minimum Gasteiger partial charge on any atom is -0.478 e. The fourth-order valence-electron chi connectivity index (χ4n) is 3.67. The summed E-state index contributed by atoms with van der Waals surface area (Å²) < 4.78 is 0. The van der Waals surface area contributed by atoms with Crippen LogP contribution in [0.5, 0.6) is 0 Å². The maximum Gasteiger partial charge on any atom is 0.335 e. The lowest BCUT2D eigenvalue weighted by Crippen LogP contribution is -2.52. The zero-order chi connectivity index (χ0) is 19.1. The molecule has 7 heteroatoms. The number of rotatable bonds is 3. The number of imide groups is 1. The van der Waals surface area contributed by atoms with Crippen molar-refractivity contribution < 1.29 is 24.3 Å². The van der Waals surface area contributed by atoms with Gasteiger partial charge in [-0.05, 0) is 35.2 Å². The second-order valence-corrected chi connectivity index (χ2v) is 6.63. The number of nitrogens with zero attached hydrogens (tertiary/aromatic N) is 1. The van der Waals surface area contributed by atoms with Gasteiger partial charge in [0.25, 0.3) is 5.91 Å². The summed E-state index contributed by atoms with van der Waals surface area (Å²) in [5.41, 5.74) is 2.66. The van der Waals surface area contributed by atoms with Crippen LogP contribution in [-0.2, 0) is 16.1 Å². The van der Waals surface area contributed by atoms with Gasteiger partial charge in [-0.15, -0.1) is 0 Å².